The number of aromatic amines is 1. The van der Waals surface area contributed by atoms with Crippen LogP contribution < -0.4 is 10.1 Å². The van der Waals surface area contributed by atoms with Gasteiger partial charge >= 0.3 is 0 Å². The van der Waals surface area contributed by atoms with Crippen molar-refractivity contribution in [3.8, 4) is 5.75 Å². The van der Waals surface area contributed by atoms with Crippen molar-refractivity contribution in [1.29, 1.82) is 0 Å². The second-order valence-corrected chi connectivity index (χ2v) is 4.42. The van der Waals surface area contributed by atoms with E-state index in [9.17, 15) is 4.79 Å². The number of benzene rings is 1. The first kappa shape index (κ1) is 12.6. The fourth-order valence-electron chi connectivity index (χ4n) is 1.47. The third kappa shape index (κ3) is 2.89. The molecule has 1 aromatic carbocycles. The molecule has 2 N–H and O–H groups in total. The number of aromatic nitrogens is 2. The maximum atomic E-state index is 11.9. The minimum Gasteiger partial charge on any atom is -0.496 e. The van der Waals surface area contributed by atoms with E-state index in [0.29, 0.717) is 17.9 Å². The average molecular weight is 310 g/mol. The first-order valence-electron chi connectivity index (χ1n) is 5.30. The largest absolute Gasteiger partial charge is 0.496 e. The molecule has 0 spiro atoms. The molecule has 5 nitrogen and oxygen atoms in total. The van der Waals surface area contributed by atoms with Crippen molar-refractivity contribution < 1.29 is 9.53 Å². The van der Waals surface area contributed by atoms with Gasteiger partial charge in [-0.05, 0) is 34.1 Å². The van der Waals surface area contributed by atoms with Crippen molar-refractivity contribution in [3.05, 3.63) is 46.5 Å². The summed E-state index contributed by atoms with van der Waals surface area (Å²) in [4.78, 5) is 18.8. The molecule has 0 fully saturated rings. The Labute approximate surface area is 113 Å². The second kappa shape index (κ2) is 5.68. The number of H-pyrrole nitrogens is 1. The van der Waals surface area contributed by atoms with Crippen molar-refractivity contribution in [3.63, 3.8) is 0 Å². The number of nitrogens with zero attached hydrogens (tertiary/aromatic N) is 1. The van der Waals surface area contributed by atoms with Crippen molar-refractivity contribution in [2.24, 2.45) is 0 Å². The Morgan fingerprint density at radius 2 is 2.39 bits per heavy atom. The molecule has 0 saturated carbocycles. The molecule has 1 amide bonds. The second-order valence-electron chi connectivity index (χ2n) is 3.57. The first-order chi connectivity index (χ1) is 8.70. The number of carbonyl (C=O) groups is 1. The van der Waals surface area contributed by atoms with Crippen LogP contribution in [0.4, 0.5) is 0 Å². The van der Waals surface area contributed by atoms with Gasteiger partial charge in [0.1, 0.15) is 11.6 Å². The molecule has 6 heteroatoms. The lowest BCUT2D eigenvalue weighted by molar-refractivity contribution is 0.0950. The van der Waals surface area contributed by atoms with Crippen LogP contribution in [-0.4, -0.2) is 23.0 Å². The van der Waals surface area contributed by atoms with Crippen LogP contribution in [0.15, 0.2) is 35.1 Å². The van der Waals surface area contributed by atoms with Gasteiger partial charge in [0.15, 0.2) is 0 Å². The van der Waals surface area contributed by atoms with E-state index in [1.165, 1.54) is 0 Å². The topological polar surface area (TPSA) is 67.0 Å². The van der Waals surface area contributed by atoms with E-state index in [4.69, 9.17) is 4.74 Å². The summed E-state index contributed by atoms with van der Waals surface area (Å²) in [5.74, 6) is 1.25. The number of halogens is 1. The van der Waals surface area contributed by atoms with E-state index in [-0.39, 0.29) is 5.91 Å². The number of ether oxygens (including phenoxy) is 1. The Balaban J connectivity index is 2.02. The third-order valence-electron chi connectivity index (χ3n) is 2.39. The van der Waals surface area contributed by atoms with Crippen molar-refractivity contribution in [1.82, 2.24) is 15.3 Å². The van der Waals surface area contributed by atoms with Gasteiger partial charge < -0.3 is 15.0 Å². The molecule has 0 aliphatic heterocycles. The van der Waals surface area contributed by atoms with Crippen molar-refractivity contribution in [2.75, 3.05) is 7.11 Å². The van der Waals surface area contributed by atoms with Crippen LogP contribution in [0.3, 0.4) is 0 Å². The number of hydrogen-bond acceptors (Lipinski definition) is 3. The smallest absolute Gasteiger partial charge is 0.251 e. The highest BCUT2D eigenvalue weighted by Gasteiger charge is 2.08. The summed E-state index contributed by atoms with van der Waals surface area (Å²) in [5, 5.41) is 2.77. The van der Waals surface area contributed by atoms with Crippen LogP contribution >= 0.6 is 15.9 Å². The number of imidazole rings is 1. The maximum Gasteiger partial charge on any atom is 0.251 e. The average Bonchev–Trinajstić information content (AvgIpc) is 2.89. The van der Waals surface area contributed by atoms with Crippen LogP contribution in [0, 0.1) is 0 Å². The molecule has 0 saturated heterocycles. The Morgan fingerprint density at radius 3 is 3.00 bits per heavy atom. The third-order valence-corrected chi connectivity index (χ3v) is 3.00. The molecular weight excluding hydrogens is 298 g/mol. The molecule has 0 aliphatic rings. The van der Waals surface area contributed by atoms with Gasteiger partial charge in [-0.3, -0.25) is 4.79 Å². The minimum atomic E-state index is -0.158. The normalized spacial score (nSPS) is 10.1. The Kier molecular flexibility index (Phi) is 3.99. The molecule has 94 valence electrons. The van der Waals surface area contributed by atoms with Gasteiger partial charge in [0.05, 0.1) is 18.1 Å². The molecule has 1 aromatic heterocycles. The number of hydrogen-bond donors (Lipinski definition) is 2. The summed E-state index contributed by atoms with van der Waals surface area (Å²) in [7, 11) is 1.58. The van der Waals surface area contributed by atoms with Crippen LogP contribution in [-0.2, 0) is 6.54 Å². The van der Waals surface area contributed by atoms with Gasteiger partial charge in [-0.2, -0.15) is 0 Å². The first-order valence-corrected chi connectivity index (χ1v) is 6.10. The zero-order valence-electron chi connectivity index (χ0n) is 9.74. The monoisotopic (exact) mass is 309 g/mol. The zero-order chi connectivity index (χ0) is 13.0. The summed E-state index contributed by atoms with van der Waals surface area (Å²) in [5.41, 5.74) is 0.564. The van der Waals surface area contributed by atoms with Crippen LogP contribution in [0.2, 0.25) is 0 Å². The molecule has 0 atom stereocenters. The Bertz CT molecular complexity index is 540. The van der Waals surface area contributed by atoms with E-state index in [1.54, 1.807) is 37.7 Å². The minimum absolute atomic E-state index is 0.158. The molecule has 0 aliphatic carbocycles. The number of methoxy groups -OCH3 is 1. The summed E-state index contributed by atoms with van der Waals surface area (Å²) in [6.45, 7) is 0.371. The Morgan fingerprint density at radius 1 is 1.56 bits per heavy atom. The molecule has 2 rings (SSSR count). The molecule has 0 bridgehead atoms. The predicted molar refractivity (Wildman–Crippen MR) is 70.5 cm³/mol. The van der Waals surface area contributed by atoms with Crippen molar-refractivity contribution >= 4 is 21.8 Å². The van der Waals surface area contributed by atoms with Gasteiger partial charge in [0.25, 0.3) is 5.91 Å². The van der Waals surface area contributed by atoms with Crippen LogP contribution in [0.25, 0.3) is 0 Å². The van der Waals surface area contributed by atoms with Crippen LogP contribution in [0.5, 0.6) is 5.75 Å². The zero-order valence-corrected chi connectivity index (χ0v) is 11.3. The summed E-state index contributed by atoms with van der Waals surface area (Å²) in [6.07, 6.45) is 3.36. The van der Waals surface area contributed by atoms with Gasteiger partial charge in [-0.1, -0.05) is 0 Å². The number of nitrogens with one attached hydrogen (secondary N) is 2. The molecule has 18 heavy (non-hydrogen) atoms. The SMILES string of the molecule is COc1ccc(C(=O)NCc2ncc[nH]2)cc1Br. The maximum absolute atomic E-state index is 11.9. The van der Waals surface area contributed by atoms with E-state index in [1.807, 2.05) is 0 Å². The summed E-state index contributed by atoms with van der Waals surface area (Å²) < 4.78 is 5.85. The van der Waals surface area contributed by atoms with E-state index in [2.05, 4.69) is 31.2 Å². The fraction of sp³-hybridized carbons (Fsp3) is 0.167. The highest BCUT2D eigenvalue weighted by molar-refractivity contribution is 9.10. The van der Waals surface area contributed by atoms with E-state index in [0.717, 1.165) is 10.3 Å². The molecule has 0 unspecified atom stereocenters. The fourth-order valence-corrected chi connectivity index (χ4v) is 2.01. The number of rotatable bonds is 4. The lowest BCUT2D eigenvalue weighted by Gasteiger charge is -2.06. The predicted octanol–water partition coefficient (Wildman–Crippen LogP) is 2.11. The van der Waals surface area contributed by atoms with Gasteiger partial charge in [0.2, 0.25) is 0 Å². The lowest BCUT2D eigenvalue weighted by atomic mass is 10.2. The molecule has 1 heterocycles. The summed E-state index contributed by atoms with van der Waals surface area (Å²) in [6, 6.07) is 5.17. The van der Waals surface area contributed by atoms with Crippen LogP contribution in [0.1, 0.15) is 16.2 Å². The number of amides is 1. The molecule has 0 radical (unpaired) electrons. The van der Waals surface area contributed by atoms with Crippen molar-refractivity contribution in [2.45, 2.75) is 6.54 Å². The lowest BCUT2D eigenvalue weighted by Crippen LogP contribution is -2.23. The quantitative estimate of drug-likeness (QED) is 0.909. The van der Waals surface area contributed by atoms with Gasteiger partial charge in [-0.25, -0.2) is 4.98 Å². The Hall–Kier alpha value is -1.82. The molecule has 2 aromatic rings. The van der Waals surface area contributed by atoms with E-state index < -0.39 is 0 Å². The van der Waals surface area contributed by atoms with E-state index >= 15 is 0 Å². The highest BCUT2D eigenvalue weighted by Crippen LogP contribution is 2.25. The van der Waals surface area contributed by atoms with Gasteiger partial charge in [0, 0.05) is 18.0 Å². The molecular formula is C12H12BrN3O2. The number of carbonyl (C=O) groups excluding carboxylic acids is 1. The standard InChI is InChI=1S/C12H12BrN3O2/c1-18-10-3-2-8(6-9(10)13)12(17)16-7-11-14-4-5-15-11/h2-6H,7H2,1H3,(H,14,15)(H,16,17). The summed E-state index contributed by atoms with van der Waals surface area (Å²) >= 11 is 3.34. The highest BCUT2D eigenvalue weighted by atomic mass is 79.9. The van der Waals surface area contributed by atoms with Gasteiger partial charge in [-0.15, -0.1) is 0 Å².